The number of hydrogen-bond donors (Lipinski definition) is 4. The third-order valence-electron chi connectivity index (χ3n) is 5.60. The van der Waals surface area contributed by atoms with Crippen LogP contribution in [0.15, 0.2) is 18.2 Å². The lowest BCUT2D eigenvalue weighted by Crippen LogP contribution is -2.48. The van der Waals surface area contributed by atoms with Crippen LogP contribution in [0.4, 0.5) is 10.5 Å². The van der Waals surface area contributed by atoms with Gasteiger partial charge in [0.2, 0.25) is 11.7 Å². The van der Waals surface area contributed by atoms with E-state index >= 15 is 0 Å². The fourth-order valence-electron chi connectivity index (χ4n) is 3.63. The van der Waals surface area contributed by atoms with Crippen LogP contribution in [-0.2, 0) is 19.1 Å². The molecular weight excluding hydrogens is 452 g/mol. The van der Waals surface area contributed by atoms with Gasteiger partial charge >= 0.3 is 6.09 Å². The molecular formula is C22H27ClN4O6. The molecule has 10 nitrogen and oxygen atoms in total. The third kappa shape index (κ3) is 6.67. The number of carbonyl (C=O) groups is 5. The topological polar surface area (TPSA) is 143 Å². The van der Waals surface area contributed by atoms with E-state index in [0.29, 0.717) is 18.9 Å². The van der Waals surface area contributed by atoms with E-state index in [1.807, 2.05) is 6.92 Å². The Morgan fingerprint density at radius 1 is 1.24 bits per heavy atom. The highest BCUT2D eigenvalue weighted by molar-refractivity contribution is 6.38. The van der Waals surface area contributed by atoms with Crippen molar-refractivity contribution in [2.75, 3.05) is 19.0 Å². The zero-order valence-corrected chi connectivity index (χ0v) is 19.2. The molecule has 0 radical (unpaired) electrons. The highest BCUT2D eigenvalue weighted by Crippen LogP contribution is 2.29. The zero-order valence-electron chi connectivity index (χ0n) is 18.4. The first kappa shape index (κ1) is 24.5. The number of ketones is 1. The quantitative estimate of drug-likeness (QED) is 0.397. The van der Waals surface area contributed by atoms with Gasteiger partial charge in [0.1, 0.15) is 0 Å². The first-order valence-electron chi connectivity index (χ1n) is 10.8. The maximum absolute atomic E-state index is 13.1. The summed E-state index contributed by atoms with van der Waals surface area (Å²) in [6.45, 7) is 2.13. The van der Waals surface area contributed by atoms with Gasteiger partial charge < -0.3 is 20.7 Å². The van der Waals surface area contributed by atoms with E-state index in [4.69, 9.17) is 16.3 Å². The molecule has 3 atom stereocenters. The number of benzene rings is 1. The van der Waals surface area contributed by atoms with E-state index in [1.165, 1.54) is 25.2 Å². The van der Waals surface area contributed by atoms with Gasteiger partial charge in [-0.15, -0.1) is 0 Å². The molecule has 11 heteroatoms. The van der Waals surface area contributed by atoms with Crippen LogP contribution in [0.2, 0.25) is 5.02 Å². The Morgan fingerprint density at radius 3 is 2.58 bits per heavy atom. The molecule has 1 saturated heterocycles. The smallest absolute Gasteiger partial charge is 0.411 e. The molecule has 1 aromatic rings. The van der Waals surface area contributed by atoms with E-state index in [9.17, 15) is 24.0 Å². The van der Waals surface area contributed by atoms with Crippen molar-refractivity contribution < 1.29 is 28.7 Å². The lowest BCUT2D eigenvalue weighted by atomic mass is 9.93. The van der Waals surface area contributed by atoms with Crippen LogP contribution in [0.1, 0.15) is 43.0 Å². The van der Waals surface area contributed by atoms with Crippen LogP contribution < -0.4 is 21.3 Å². The highest BCUT2D eigenvalue weighted by atomic mass is 35.5. The summed E-state index contributed by atoms with van der Waals surface area (Å²) in [6.07, 6.45) is 1.75. The number of nitrogens with one attached hydrogen (secondary N) is 4. The van der Waals surface area contributed by atoms with Crippen molar-refractivity contribution in [3.8, 4) is 0 Å². The summed E-state index contributed by atoms with van der Waals surface area (Å²) in [4.78, 5) is 62.0. The van der Waals surface area contributed by atoms with Gasteiger partial charge in [-0.25, -0.2) is 4.79 Å². The summed E-state index contributed by atoms with van der Waals surface area (Å²) < 4.78 is 5.14. The molecule has 2 aliphatic rings. The monoisotopic (exact) mass is 478 g/mol. The fourth-order valence-corrected chi connectivity index (χ4v) is 3.80. The summed E-state index contributed by atoms with van der Waals surface area (Å²) >= 11 is 6.05. The number of carbonyl (C=O) groups excluding carboxylic acids is 5. The van der Waals surface area contributed by atoms with E-state index in [1.54, 1.807) is 0 Å². The molecule has 33 heavy (non-hydrogen) atoms. The molecule has 178 valence electrons. The number of hydrogen-bond acceptors (Lipinski definition) is 6. The molecule has 1 aliphatic heterocycles. The molecule has 0 aromatic heterocycles. The largest absolute Gasteiger partial charge is 0.449 e. The molecule has 0 spiro atoms. The summed E-state index contributed by atoms with van der Waals surface area (Å²) in [5.74, 6) is -2.90. The Labute approximate surface area is 196 Å². The number of Topliss-reactive ketones (excluding diaryl/α,β-unsaturated/α-hetero) is 1. The van der Waals surface area contributed by atoms with Crippen molar-refractivity contribution in [3.63, 3.8) is 0 Å². The van der Waals surface area contributed by atoms with Crippen LogP contribution in [0.5, 0.6) is 0 Å². The number of likely N-dealkylation sites (N-methyl/N-ethyl adjacent to an activating group) is 1. The lowest BCUT2D eigenvalue weighted by molar-refractivity contribution is -0.139. The summed E-state index contributed by atoms with van der Waals surface area (Å²) in [7, 11) is 1.30. The number of rotatable bonds is 9. The zero-order chi connectivity index (χ0) is 24.1. The van der Waals surface area contributed by atoms with Crippen molar-refractivity contribution in [2.24, 2.45) is 11.8 Å². The summed E-state index contributed by atoms with van der Waals surface area (Å²) in [5.41, 5.74) is 0.126. The molecule has 1 aromatic carbocycles. The fraction of sp³-hybridized carbons (Fsp3) is 0.500. The number of halogens is 1. The second kappa shape index (κ2) is 10.7. The van der Waals surface area contributed by atoms with Crippen LogP contribution in [-0.4, -0.2) is 55.3 Å². The van der Waals surface area contributed by atoms with E-state index in [0.717, 1.165) is 12.8 Å². The SMILES string of the molecule is CNC(=O)C(=O)[C@H](C[C@@H]1C[C@@H](C)NC1=O)NC(=O)c1cc(Cl)ccc1NC(=O)OCC1CC1. The minimum Gasteiger partial charge on any atom is -0.449 e. The minimum atomic E-state index is -1.24. The number of anilines is 1. The molecule has 0 bridgehead atoms. The van der Waals surface area contributed by atoms with Crippen molar-refractivity contribution in [2.45, 2.75) is 44.7 Å². The second-order valence-electron chi connectivity index (χ2n) is 8.40. The van der Waals surface area contributed by atoms with Gasteiger partial charge in [-0.2, -0.15) is 0 Å². The Balaban J connectivity index is 1.76. The average molecular weight is 479 g/mol. The third-order valence-corrected chi connectivity index (χ3v) is 5.84. The van der Waals surface area contributed by atoms with Crippen molar-refractivity contribution >= 4 is 46.9 Å². The van der Waals surface area contributed by atoms with E-state index in [-0.39, 0.29) is 34.6 Å². The molecule has 1 saturated carbocycles. The van der Waals surface area contributed by atoms with Gasteiger partial charge in [0.05, 0.1) is 23.9 Å². The number of amides is 4. The molecule has 4 amide bonds. The maximum Gasteiger partial charge on any atom is 0.411 e. The average Bonchev–Trinajstić information content (AvgIpc) is 3.55. The van der Waals surface area contributed by atoms with Crippen LogP contribution in [0.25, 0.3) is 0 Å². The van der Waals surface area contributed by atoms with Gasteiger partial charge in [-0.1, -0.05) is 11.6 Å². The first-order chi connectivity index (χ1) is 15.7. The predicted molar refractivity (Wildman–Crippen MR) is 120 cm³/mol. The van der Waals surface area contributed by atoms with Gasteiger partial charge in [0, 0.05) is 24.0 Å². The Kier molecular flexibility index (Phi) is 7.91. The van der Waals surface area contributed by atoms with E-state index < -0.39 is 35.7 Å². The Bertz CT molecular complexity index is 964. The molecule has 2 fully saturated rings. The lowest BCUT2D eigenvalue weighted by Gasteiger charge is -2.20. The van der Waals surface area contributed by atoms with Crippen LogP contribution in [0, 0.1) is 11.8 Å². The Hall–Kier alpha value is -3.14. The van der Waals surface area contributed by atoms with E-state index in [2.05, 4.69) is 21.3 Å². The van der Waals surface area contributed by atoms with Gasteiger partial charge in [0.15, 0.2) is 0 Å². The van der Waals surface area contributed by atoms with Crippen molar-refractivity contribution in [1.82, 2.24) is 16.0 Å². The molecule has 1 heterocycles. The highest BCUT2D eigenvalue weighted by Gasteiger charge is 2.36. The summed E-state index contributed by atoms with van der Waals surface area (Å²) in [6, 6.07) is 2.95. The predicted octanol–water partition coefficient (Wildman–Crippen LogP) is 1.63. The minimum absolute atomic E-state index is 0.00943. The molecule has 4 N–H and O–H groups in total. The number of ether oxygens (including phenoxy) is 1. The molecule has 3 rings (SSSR count). The van der Waals surface area contributed by atoms with Crippen molar-refractivity contribution in [3.05, 3.63) is 28.8 Å². The van der Waals surface area contributed by atoms with Crippen LogP contribution in [0.3, 0.4) is 0 Å². The van der Waals surface area contributed by atoms with Gasteiger partial charge in [0.25, 0.3) is 11.8 Å². The first-order valence-corrected chi connectivity index (χ1v) is 11.2. The van der Waals surface area contributed by atoms with Gasteiger partial charge in [-0.3, -0.25) is 24.5 Å². The normalized spacial score (nSPS) is 20.4. The molecule has 0 unspecified atom stereocenters. The second-order valence-corrected chi connectivity index (χ2v) is 8.84. The molecule has 1 aliphatic carbocycles. The van der Waals surface area contributed by atoms with Gasteiger partial charge in [-0.05, 0) is 56.7 Å². The van der Waals surface area contributed by atoms with Crippen LogP contribution >= 0.6 is 11.6 Å². The van der Waals surface area contributed by atoms with Crippen molar-refractivity contribution in [1.29, 1.82) is 0 Å². The Morgan fingerprint density at radius 2 is 1.97 bits per heavy atom. The standard InChI is InChI=1S/C22H27ClN4O6/c1-11-7-13(19(29)25-11)8-17(18(28)21(31)24-2)26-20(30)15-9-14(23)5-6-16(15)27-22(32)33-10-12-3-4-12/h5-6,9,11-13,17H,3-4,7-8,10H2,1-2H3,(H,24,31)(H,25,29)(H,26,30)(H,27,32)/t11-,13+,17+/m1/s1. The summed E-state index contributed by atoms with van der Waals surface area (Å²) in [5, 5.41) is 10.3. The maximum atomic E-state index is 13.1.